The first-order chi connectivity index (χ1) is 29.3. The van der Waals surface area contributed by atoms with Crippen LogP contribution in [0, 0.1) is 41.3 Å². The molecule has 0 spiro atoms. The number of anilines is 1. The maximum absolute atomic E-state index is 15.1. The number of likely N-dealkylation sites (N-methyl/N-ethyl adjacent to an activating group) is 1. The molecule has 3 aliphatic heterocycles. The summed E-state index contributed by atoms with van der Waals surface area (Å²) in [5, 5.41) is 3.78. The summed E-state index contributed by atoms with van der Waals surface area (Å²) in [5.41, 5.74) is 1.51. The molecular formula is C48H73FN2O10. The highest BCUT2D eigenvalue weighted by Crippen LogP contribution is 2.57. The van der Waals surface area contributed by atoms with Gasteiger partial charge in [-0.3, -0.25) is 9.59 Å². The number of nitrogens with zero attached hydrogens (tertiary/aromatic N) is 1. The first kappa shape index (κ1) is 46.5. The number of hydrogen-bond acceptors (Lipinski definition) is 12. The molecule has 18 atom stereocenters. The van der Waals surface area contributed by atoms with E-state index < -0.39 is 24.6 Å². The Balaban J connectivity index is 1.19. The van der Waals surface area contributed by atoms with Gasteiger partial charge in [-0.1, -0.05) is 19.9 Å². The van der Waals surface area contributed by atoms with Crippen LogP contribution in [0.25, 0.3) is 0 Å². The van der Waals surface area contributed by atoms with E-state index in [1.165, 1.54) is 12.1 Å². The number of Topliss-reactive ketones (excluding diaryl/α,β-unsaturated/α-hetero) is 1. The van der Waals surface area contributed by atoms with Gasteiger partial charge in [-0.05, 0) is 146 Å². The highest BCUT2D eigenvalue weighted by Gasteiger charge is 2.57. The van der Waals surface area contributed by atoms with E-state index in [4.69, 9.17) is 37.9 Å². The van der Waals surface area contributed by atoms with Gasteiger partial charge in [-0.2, -0.15) is 0 Å². The summed E-state index contributed by atoms with van der Waals surface area (Å²) in [4.78, 5) is 31.3. The molecule has 61 heavy (non-hydrogen) atoms. The summed E-state index contributed by atoms with van der Waals surface area (Å²) in [6.45, 7) is 10.6. The van der Waals surface area contributed by atoms with Crippen molar-refractivity contribution in [3.63, 3.8) is 0 Å². The van der Waals surface area contributed by atoms with E-state index in [9.17, 15) is 9.18 Å². The summed E-state index contributed by atoms with van der Waals surface area (Å²) in [7, 11) is 7.48. The Morgan fingerprint density at radius 1 is 0.869 bits per heavy atom. The fraction of sp³-hybridized carbons (Fsp3) is 0.792. The molecule has 4 unspecified atom stereocenters. The predicted octanol–water partition coefficient (Wildman–Crippen LogP) is 7.33. The molecule has 6 aliphatic rings. The third-order valence-corrected chi connectivity index (χ3v) is 15.1. The Bertz CT molecular complexity index is 1650. The average molecular weight is 857 g/mol. The predicted molar refractivity (Wildman–Crippen MR) is 228 cm³/mol. The molecule has 0 aromatic heterocycles. The van der Waals surface area contributed by atoms with Crippen LogP contribution in [-0.2, 0) is 47.5 Å². The number of allylic oxidation sites excluding steroid dienone is 2. The van der Waals surface area contributed by atoms with Crippen LogP contribution in [0.15, 0.2) is 35.9 Å². The van der Waals surface area contributed by atoms with Crippen molar-refractivity contribution in [1.82, 2.24) is 4.90 Å². The van der Waals surface area contributed by atoms with Crippen LogP contribution in [0.3, 0.4) is 0 Å². The smallest absolute Gasteiger partial charge is 0.306 e. The first-order valence-electron chi connectivity index (χ1n) is 23.3. The molecule has 0 radical (unpaired) electrons. The molecule has 5 fully saturated rings. The number of esters is 1. The molecule has 7 rings (SSSR count). The fourth-order valence-electron chi connectivity index (χ4n) is 12.1. The Labute approximate surface area is 363 Å². The number of hydrogen-bond donors (Lipinski definition) is 1. The number of cyclic esters (lactones) is 1. The summed E-state index contributed by atoms with van der Waals surface area (Å²) >= 11 is 0. The number of ketones is 1. The highest BCUT2D eigenvalue weighted by molar-refractivity contribution is 5.99. The van der Waals surface area contributed by atoms with Crippen molar-refractivity contribution in [2.75, 3.05) is 40.2 Å². The average Bonchev–Trinajstić information content (AvgIpc) is 3.81. The maximum atomic E-state index is 15.1. The van der Waals surface area contributed by atoms with E-state index in [-0.39, 0.29) is 102 Å². The van der Waals surface area contributed by atoms with Crippen molar-refractivity contribution in [3.05, 3.63) is 41.7 Å². The standard InChI is InChI=1S/C48H73FN2O10/c1-10-32-13-12-14-40(61-42-20-19-39(51(6)7)27(4)57-42)26(3)44(53)37-24-35-34-23-33(60-48-47(55-9)46(56-11-2)45(54-8)28(5)58-48)21-29(34)22-38(43(35)36(37)25-41(52)59-32)50-31-17-15-30(49)16-18-31/h15-18,24,26-29,32-36,38-40,42-43,45-48,50H,10-14,19-23,25H2,1-9H3/t26-,27?,28?,29+,32+,33-,34-,35+,36-,38+,39+,40+,42+,43-,45+,46?,47?,48+/m1/s1. The Hall–Kier alpha value is -2.49. The zero-order valence-corrected chi connectivity index (χ0v) is 38.0. The number of fused-ring (bicyclic) bond motifs is 5. The molecule has 3 heterocycles. The lowest BCUT2D eigenvalue weighted by Gasteiger charge is -2.45. The maximum Gasteiger partial charge on any atom is 0.306 e. The van der Waals surface area contributed by atoms with E-state index in [0.29, 0.717) is 37.5 Å². The SMILES string of the molecule is CCOC1C(OC)[C@H](O[C@@H]2C[C@H]3C[C@H](Nc4ccc(F)cc4)[C@@H]4[C@@H](C=C5C(=O)[C@H](C)[C@@H](O[C@H]6CC[C@H](N(C)C)C(C)O6)CCC[C@H](CC)OC(=O)C[C@H]54)[C@@H]3C2)OC(C)[C@@H]1OC. The number of methoxy groups -OCH3 is 2. The summed E-state index contributed by atoms with van der Waals surface area (Å²) < 4.78 is 64.9. The van der Waals surface area contributed by atoms with Gasteiger partial charge in [0.2, 0.25) is 0 Å². The lowest BCUT2D eigenvalue weighted by molar-refractivity contribution is -0.317. The zero-order valence-electron chi connectivity index (χ0n) is 38.0. The van der Waals surface area contributed by atoms with Gasteiger partial charge in [0.1, 0.15) is 30.2 Å². The van der Waals surface area contributed by atoms with E-state index >= 15 is 4.79 Å². The second kappa shape index (κ2) is 20.6. The van der Waals surface area contributed by atoms with Gasteiger partial charge in [0, 0.05) is 50.4 Å². The normalized spacial score (nSPS) is 42.1. The number of ether oxygens (including phenoxy) is 8. The molecule has 3 aliphatic carbocycles. The number of benzene rings is 1. The van der Waals surface area contributed by atoms with Gasteiger partial charge in [0.05, 0.1) is 30.8 Å². The topological polar surface area (TPSA) is 123 Å². The van der Waals surface area contributed by atoms with Gasteiger partial charge in [-0.25, -0.2) is 4.39 Å². The van der Waals surface area contributed by atoms with Crippen LogP contribution < -0.4 is 5.32 Å². The van der Waals surface area contributed by atoms with Crippen molar-refractivity contribution in [2.24, 2.45) is 35.5 Å². The molecular weight excluding hydrogens is 784 g/mol. The molecule has 1 aromatic rings. The monoisotopic (exact) mass is 857 g/mol. The molecule has 0 amide bonds. The minimum atomic E-state index is -0.653. The van der Waals surface area contributed by atoms with Gasteiger partial charge in [0.15, 0.2) is 18.4 Å². The minimum absolute atomic E-state index is 0.000488. The molecule has 3 saturated heterocycles. The Kier molecular flexibility index (Phi) is 15.7. The highest BCUT2D eigenvalue weighted by atomic mass is 19.1. The molecule has 1 aromatic carbocycles. The summed E-state index contributed by atoms with van der Waals surface area (Å²) in [5.74, 6) is -0.985. The van der Waals surface area contributed by atoms with Gasteiger partial charge in [0.25, 0.3) is 0 Å². The molecule has 342 valence electrons. The van der Waals surface area contributed by atoms with Crippen LogP contribution in [0.1, 0.15) is 98.8 Å². The fourth-order valence-corrected chi connectivity index (χ4v) is 12.1. The van der Waals surface area contributed by atoms with Crippen molar-refractivity contribution in [2.45, 2.75) is 172 Å². The second-order valence-electron chi connectivity index (χ2n) is 18.9. The van der Waals surface area contributed by atoms with Gasteiger partial charge in [-0.15, -0.1) is 0 Å². The van der Waals surface area contributed by atoms with Crippen LogP contribution in [0.5, 0.6) is 0 Å². The molecule has 1 N–H and O–H groups in total. The minimum Gasteiger partial charge on any atom is -0.462 e. The lowest BCUT2D eigenvalue weighted by atomic mass is 9.63. The molecule has 13 heteroatoms. The number of halogens is 1. The van der Waals surface area contributed by atoms with Crippen molar-refractivity contribution < 1.29 is 51.9 Å². The van der Waals surface area contributed by atoms with Crippen molar-refractivity contribution in [1.29, 1.82) is 0 Å². The second-order valence-corrected chi connectivity index (χ2v) is 18.9. The van der Waals surface area contributed by atoms with E-state index in [0.717, 1.165) is 44.2 Å². The molecule has 12 nitrogen and oxygen atoms in total. The van der Waals surface area contributed by atoms with Crippen molar-refractivity contribution in [3.8, 4) is 0 Å². The van der Waals surface area contributed by atoms with Crippen LogP contribution in [0.4, 0.5) is 10.1 Å². The Morgan fingerprint density at radius 3 is 2.30 bits per heavy atom. The third-order valence-electron chi connectivity index (χ3n) is 15.1. The zero-order chi connectivity index (χ0) is 43.5. The number of nitrogens with one attached hydrogen (secondary N) is 1. The van der Waals surface area contributed by atoms with E-state index in [2.05, 4.69) is 44.2 Å². The van der Waals surface area contributed by atoms with E-state index in [1.807, 2.05) is 20.8 Å². The summed E-state index contributed by atoms with van der Waals surface area (Å²) in [6.07, 6.45) is 6.08. The Morgan fingerprint density at radius 2 is 1.62 bits per heavy atom. The van der Waals surface area contributed by atoms with E-state index in [1.54, 1.807) is 26.4 Å². The molecule has 2 saturated carbocycles. The number of carbonyl (C=O) groups is 2. The van der Waals surface area contributed by atoms with Gasteiger partial charge < -0.3 is 48.1 Å². The number of carbonyl (C=O) groups excluding carboxylic acids is 2. The third kappa shape index (κ3) is 10.2. The first-order valence-corrected chi connectivity index (χ1v) is 23.3. The van der Waals surface area contributed by atoms with Gasteiger partial charge >= 0.3 is 5.97 Å². The largest absolute Gasteiger partial charge is 0.462 e. The summed E-state index contributed by atoms with van der Waals surface area (Å²) in [6, 6.07) is 6.66. The quantitative estimate of drug-likeness (QED) is 0.212. The lowest BCUT2D eigenvalue weighted by Crippen LogP contribution is -2.60. The van der Waals surface area contributed by atoms with Crippen LogP contribution in [0.2, 0.25) is 0 Å². The van der Waals surface area contributed by atoms with Crippen LogP contribution in [-0.4, -0.2) is 125 Å². The van der Waals surface area contributed by atoms with Crippen LogP contribution >= 0.6 is 0 Å². The number of rotatable bonds is 12. The molecule has 0 bridgehead atoms. The van der Waals surface area contributed by atoms with Crippen molar-refractivity contribution >= 4 is 17.4 Å².